The zero-order valence-corrected chi connectivity index (χ0v) is 12.6. The standard InChI is InChI=1S/C18H24N2/c1-15(14-20(2)3)19-13-16-9-11-18(12-10-16)17-7-5-4-6-8-17/h4-12,15,19H,13-14H2,1-3H3. The molecule has 2 heteroatoms. The lowest BCUT2D eigenvalue weighted by atomic mass is 10.0. The maximum absolute atomic E-state index is 3.55. The Morgan fingerprint density at radius 3 is 2.10 bits per heavy atom. The van der Waals surface area contributed by atoms with Crippen molar-refractivity contribution in [2.75, 3.05) is 20.6 Å². The van der Waals surface area contributed by atoms with E-state index in [0.717, 1.165) is 13.1 Å². The first kappa shape index (κ1) is 14.8. The highest BCUT2D eigenvalue weighted by Crippen LogP contribution is 2.19. The first-order chi connectivity index (χ1) is 9.65. The monoisotopic (exact) mass is 268 g/mol. The molecule has 0 fully saturated rings. The number of hydrogen-bond acceptors (Lipinski definition) is 2. The lowest BCUT2D eigenvalue weighted by Gasteiger charge is -2.18. The zero-order chi connectivity index (χ0) is 14.4. The number of rotatable bonds is 6. The fourth-order valence-electron chi connectivity index (χ4n) is 2.35. The van der Waals surface area contributed by atoms with Gasteiger partial charge in [-0.15, -0.1) is 0 Å². The second-order valence-electron chi connectivity index (χ2n) is 5.61. The summed E-state index contributed by atoms with van der Waals surface area (Å²) in [6.07, 6.45) is 0. The maximum Gasteiger partial charge on any atom is 0.0208 e. The highest BCUT2D eigenvalue weighted by Gasteiger charge is 2.03. The summed E-state index contributed by atoms with van der Waals surface area (Å²) >= 11 is 0. The predicted molar refractivity (Wildman–Crippen MR) is 86.7 cm³/mol. The minimum atomic E-state index is 0.499. The molecule has 1 N–H and O–H groups in total. The van der Waals surface area contributed by atoms with Gasteiger partial charge in [0.1, 0.15) is 0 Å². The number of hydrogen-bond donors (Lipinski definition) is 1. The molecular formula is C18H24N2. The third kappa shape index (κ3) is 4.48. The molecule has 0 aliphatic carbocycles. The van der Waals surface area contributed by atoms with Crippen molar-refractivity contribution in [1.29, 1.82) is 0 Å². The van der Waals surface area contributed by atoms with Crippen LogP contribution in [0.1, 0.15) is 12.5 Å². The summed E-state index contributed by atoms with van der Waals surface area (Å²) in [4.78, 5) is 2.20. The molecule has 0 heterocycles. The van der Waals surface area contributed by atoms with Gasteiger partial charge in [-0.3, -0.25) is 0 Å². The van der Waals surface area contributed by atoms with E-state index in [2.05, 4.69) is 79.8 Å². The van der Waals surface area contributed by atoms with Gasteiger partial charge in [-0.1, -0.05) is 54.6 Å². The molecule has 2 aromatic carbocycles. The van der Waals surface area contributed by atoms with Crippen LogP contribution in [-0.4, -0.2) is 31.6 Å². The van der Waals surface area contributed by atoms with E-state index in [0.29, 0.717) is 6.04 Å². The zero-order valence-electron chi connectivity index (χ0n) is 12.6. The van der Waals surface area contributed by atoms with Gasteiger partial charge in [0.05, 0.1) is 0 Å². The van der Waals surface area contributed by atoms with Crippen LogP contribution in [0.5, 0.6) is 0 Å². The quantitative estimate of drug-likeness (QED) is 0.864. The van der Waals surface area contributed by atoms with E-state index in [1.807, 2.05) is 6.07 Å². The Hall–Kier alpha value is -1.64. The fourth-order valence-corrected chi connectivity index (χ4v) is 2.35. The summed E-state index contributed by atoms with van der Waals surface area (Å²) in [7, 11) is 4.21. The molecule has 0 radical (unpaired) electrons. The van der Waals surface area contributed by atoms with Crippen molar-refractivity contribution >= 4 is 0 Å². The molecule has 0 amide bonds. The van der Waals surface area contributed by atoms with Gasteiger partial charge in [0.15, 0.2) is 0 Å². The van der Waals surface area contributed by atoms with Gasteiger partial charge in [-0.25, -0.2) is 0 Å². The Balaban J connectivity index is 1.92. The van der Waals surface area contributed by atoms with Gasteiger partial charge in [0, 0.05) is 19.1 Å². The van der Waals surface area contributed by atoms with E-state index in [9.17, 15) is 0 Å². The van der Waals surface area contributed by atoms with Crippen LogP contribution >= 0.6 is 0 Å². The molecule has 0 aliphatic rings. The van der Waals surface area contributed by atoms with E-state index in [1.54, 1.807) is 0 Å². The Morgan fingerprint density at radius 1 is 0.900 bits per heavy atom. The van der Waals surface area contributed by atoms with E-state index in [4.69, 9.17) is 0 Å². The van der Waals surface area contributed by atoms with E-state index < -0.39 is 0 Å². The Labute approximate surface area is 122 Å². The number of likely N-dealkylation sites (N-methyl/N-ethyl adjacent to an activating group) is 1. The second-order valence-corrected chi connectivity index (χ2v) is 5.61. The lowest BCUT2D eigenvalue weighted by molar-refractivity contribution is 0.349. The summed E-state index contributed by atoms with van der Waals surface area (Å²) < 4.78 is 0. The third-order valence-corrected chi connectivity index (χ3v) is 3.35. The van der Waals surface area contributed by atoms with E-state index in [-0.39, 0.29) is 0 Å². The van der Waals surface area contributed by atoms with E-state index >= 15 is 0 Å². The van der Waals surface area contributed by atoms with Gasteiger partial charge in [-0.2, -0.15) is 0 Å². The van der Waals surface area contributed by atoms with Crippen LogP contribution in [0, 0.1) is 0 Å². The van der Waals surface area contributed by atoms with Crippen LogP contribution in [-0.2, 0) is 6.54 Å². The lowest BCUT2D eigenvalue weighted by Crippen LogP contribution is -2.35. The molecular weight excluding hydrogens is 244 g/mol. The van der Waals surface area contributed by atoms with Crippen LogP contribution in [0.25, 0.3) is 11.1 Å². The number of nitrogens with one attached hydrogen (secondary N) is 1. The Kier molecular flexibility index (Phi) is 5.33. The van der Waals surface area contributed by atoms with Gasteiger partial charge in [0.2, 0.25) is 0 Å². The van der Waals surface area contributed by atoms with Crippen molar-refractivity contribution in [3.8, 4) is 11.1 Å². The minimum absolute atomic E-state index is 0.499. The third-order valence-electron chi connectivity index (χ3n) is 3.35. The summed E-state index contributed by atoms with van der Waals surface area (Å²) in [6, 6.07) is 19.8. The first-order valence-electron chi connectivity index (χ1n) is 7.17. The number of nitrogens with zero attached hydrogens (tertiary/aromatic N) is 1. The molecule has 0 aliphatic heterocycles. The summed E-state index contributed by atoms with van der Waals surface area (Å²) in [6.45, 7) is 4.20. The van der Waals surface area contributed by atoms with Gasteiger partial charge < -0.3 is 10.2 Å². The summed E-state index contributed by atoms with van der Waals surface area (Å²) in [5.41, 5.74) is 3.87. The van der Waals surface area contributed by atoms with Crippen molar-refractivity contribution in [3.05, 3.63) is 60.2 Å². The molecule has 20 heavy (non-hydrogen) atoms. The van der Waals surface area contributed by atoms with Gasteiger partial charge >= 0.3 is 0 Å². The highest BCUT2D eigenvalue weighted by molar-refractivity contribution is 5.63. The summed E-state index contributed by atoms with van der Waals surface area (Å²) in [5.74, 6) is 0. The van der Waals surface area contributed by atoms with Crippen LogP contribution in [0.2, 0.25) is 0 Å². The minimum Gasteiger partial charge on any atom is -0.309 e. The SMILES string of the molecule is CC(CN(C)C)NCc1ccc(-c2ccccc2)cc1. The molecule has 2 aromatic rings. The molecule has 1 unspecified atom stereocenters. The van der Waals surface area contributed by atoms with Crippen molar-refractivity contribution < 1.29 is 0 Å². The fraction of sp³-hybridized carbons (Fsp3) is 0.333. The molecule has 0 saturated carbocycles. The van der Waals surface area contributed by atoms with E-state index in [1.165, 1.54) is 16.7 Å². The molecule has 0 saturated heterocycles. The molecule has 0 aromatic heterocycles. The van der Waals surface area contributed by atoms with Gasteiger partial charge in [0.25, 0.3) is 0 Å². The largest absolute Gasteiger partial charge is 0.309 e. The normalized spacial score (nSPS) is 12.6. The molecule has 0 spiro atoms. The Bertz CT molecular complexity index is 503. The predicted octanol–water partition coefficient (Wildman–Crippen LogP) is 3.39. The average molecular weight is 268 g/mol. The number of benzene rings is 2. The molecule has 1 atom stereocenters. The van der Waals surface area contributed by atoms with Crippen LogP contribution in [0.3, 0.4) is 0 Å². The second kappa shape index (κ2) is 7.22. The average Bonchev–Trinajstić information content (AvgIpc) is 2.46. The van der Waals surface area contributed by atoms with Crippen molar-refractivity contribution in [2.45, 2.75) is 19.5 Å². The highest BCUT2D eigenvalue weighted by atomic mass is 15.1. The molecule has 0 bridgehead atoms. The van der Waals surface area contributed by atoms with Crippen molar-refractivity contribution in [2.24, 2.45) is 0 Å². The molecule has 2 rings (SSSR count). The Morgan fingerprint density at radius 2 is 1.50 bits per heavy atom. The van der Waals surface area contributed by atoms with Crippen molar-refractivity contribution in [1.82, 2.24) is 10.2 Å². The molecule has 106 valence electrons. The van der Waals surface area contributed by atoms with Gasteiger partial charge in [-0.05, 0) is 37.7 Å². The molecule has 2 nitrogen and oxygen atoms in total. The van der Waals surface area contributed by atoms with Crippen LogP contribution in [0.4, 0.5) is 0 Å². The van der Waals surface area contributed by atoms with Crippen molar-refractivity contribution in [3.63, 3.8) is 0 Å². The summed E-state index contributed by atoms with van der Waals surface area (Å²) in [5, 5.41) is 3.55. The topological polar surface area (TPSA) is 15.3 Å². The van der Waals surface area contributed by atoms with Crippen LogP contribution < -0.4 is 5.32 Å². The smallest absolute Gasteiger partial charge is 0.0208 e. The maximum atomic E-state index is 3.55. The first-order valence-corrected chi connectivity index (χ1v) is 7.17. The van der Waals surface area contributed by atoms with Crippen LogP contribution in [0.15, 0.2) is 54.6 Å².